The molecule has 3 N–H and O–H groups in total. The third-order valence-electron chi connectivity index (χ3n) is 4.62. The van der Waals surface area contributed by atoms with Gasteiger partial charge in [0.05, 0.1) is 17.1 Å². The molecule has 3 aromatic rings. The molecule has 28 heavy (non-hydrogen) atoms. The van der Waals surface area contributed by atoms with Crippen LogP contribution in [-0.2, 0) is 6.18 Å². The number of rotatable bonds is 4. The van der Waals surface area contributed by atoms with Crippen molar-refractivity contribution in [3.05, 3.63) is 48.4 Å². The van der Waals surface area contributed by atoms with Gasteiger partial charge >= 0.3 is 6.18 Å². The zero-order valence-electron chi connectivity index (χ0n) is 14.9. The molecule has 4 rings (SSSR count). The number of pyridine rings is 1. The molecule has 0 bridgehead atoms. The molecule has 0 aromatic carbocycles. The highest BCUT2D eigenvalue weighted by molar-refractivity contribution is 5.70. The third-order valence-corrected chi connectivity index (χ3v) is 4.62. The second-order valence-electron chi connectivity index (χ2n) is 6.66. The van der Waals surface area contributed by atoms with Gasteiger partial charge in [-0.25, -0.2) is 9.97 Å². The lowest BCUT2D eigenvalue weighted by molar-refractivity contribution is -0.137. The van der Waals surface area contributed by atoms with Gasteiger partial charge in [-0.1, -0.05) is 6.07 Å². The first-order valence-electron chi connectivity index (χ1n) is 9.02. The summed E-state index contributed by atoms with van der Waals surface area (Å²) < 4.78 is 40.6. The number of aromatic nitrogens is 4. The van der Waals surface area contributed by atoms with Crippen molar-refractivity contribution >= 4 is 5.95 Å². The molecule has 1 aliphatic heterocycles. The predicted molar refractivity (Wildman–Crippen MR) is 99.6 cm³/mol. The van der Waals surface area contributed by atoms with Crippen LogP contribution in [0.25, 0.3) is 22.6 Å². The molecule has 0 amide bonds. The highest BCUT2D eigenvalue weighted by Gasteiger charge is 2.36. The fourth-order valence-corrected chi connectivity index (χ4v) is 3.24. The van der Waals surface area contributed by atoms with Crippen molar-refractivity contribution in [3.63, 3.8) is 0 Å². The maximum Gasteiger partial charge on any atom is 0.419 e. The first-order chi connectivity index (χ1) is 13.5. The molecule has 6 nitrogen and oxygen atoms in total. The molecule has 0 aliphatic carbocycles. The number of aromatic amines is 1. The van der Waals surface area contributed by atoms with E-state index < -0.39 is 11.7 Å². The summed E-state index contributed by atoms with van der Waals surface area (Å²) in [6.07, 6.45) is 1.34. The van der Waals surface area contributed by atoms with Gasteiger partial charge in [0.1, 0.15) is 5.56 Å². The molecule has 1 atom stereocenters. The fraction of sp³-hybridized carbons (Fsp3) is 0.316. The number of piperidine rings is 1. The monoisotopic (exact) mass is 388 g/mol. The second kappa shape index (κ2) is 7.59. The Morgan fingerprint density at radius 3 is 2.79 bits per heavy atom. The Kier molecular flexibility index (Phi) is 4.99. The van der Waals surface area contributed by atoms with E-state index in [0.717, 1.165) is 32.1 Å². The van der Waals surface area contributed by atoms with Crippen molar-refractivity contribution in [2.45, 2.75) is 25.1 Å². The first kappa shape index (κ1) is 18.4. The molecule has 0 spiro atoms. The average molecular weight is 388 g/mol. The van der Waals surface area contributed by atoms with E-state index >= 15 is 0 Å². The summed E-state index contributed by atoms with van der Waals surface area (Å²) in [5.74, 6) is 0.192. The van der Waals surface area contributed by atoms with Crippen LogP contribution >= 0.6 is 0 Å². The van der Waals surface area contributed by atoms with Crippen LogP contribution in [0, 0.1) is 0 Å². The van der Waals surface area contributed by atoms with Gasteiger partial charge in [0, 0.05) is 36.7 Å². The second-order valence-corrected chi connectivity index (χ2v) is 6.66. The quantitative estimate of drug-likeness (QED) is 0.635. The molecule has 1 fully saturated rings. The highest BCUT2D eigenvalue weighted by Crippen LogP contribution is 2.37. The summed E-state index contributed by atoms with van der Waals surface area (Å²) in [5, 5.41) is 6.38. The number of hydrogen-bond donors (Lipinski definition) is 3. The average Bonchev–Trinajstić information content (AvgIpc) is 3.19. The molecular weight excluding hydrogens is 369 g/mol. The number of hydrogen-bond acceptors (Lipinski definition) is 5. The lowest BCUT2D eigenvalue weighted by Crippen LogP contribution is -2.38. The van der Waals surface area contributed by atoms with Crippen LogP contribution in [-0.4, -0.2) is 39.1 Å². The molecule has 146 valence electrons. The van der Waals surface area contributed by atoms with Gasteiger partial charge in [0.2, 0.25) is 5.95 Å². The van der Waals surface area contributed by atoms with E-state index in [-0.39, 0.29) is 17.7 Å². The molecule has 3 aromatic heterocycles. The lowest BCUT2D eigenvalue weighted by atomic mass is 10.1. The minimum Gasteiger partial charge on any atom is -0.359 e. The zero-order chi connectivity index (χ0) is 19.6. The van der Waals surface area contributed by atoms with Gasteiger partial charge in [-0.15, -0.1) is 0 Å². The van der Waals surface area contributed by atoms with Crippen LogP contribution in [0.1, 0.15) is 18.4 Å². The topological polar surface area (TPSA) is 78.5 Å². The smallest absolute Gasteiger partial charge is 0.359 e. The van der Waals surface area contributed by atoms with E-state index in [0.29, 0.717) is 17.0 Å². The van der Waals surface area contributed by atoms with Crippen LogP contribution in [0.5, 0.6) is 0 Å². The minimum absolute atomic E-state index is 0.0913. The zero-order valence-corrected chi connectivity index (χ0v) is 14.9. The fourth-order valence-electron chi connectivity index (χ4n) is 3.24. The molecule has 1 aliphatic rings. The van der Waals surface area contributed by atoms with Crippen LogP contribution < -0.4 is 10.6 Å². The standard InChI is InChI=1S/C19H19F3N6/c20-19(21,22)14-11-26-18(27-13-4-3-6-23-10-13)28-17(14)12-8-16(25-9-12)15-5-1-2-7-24-15/h1-2,5,7-9,11,13,23,25H,3-4,6,10H2,(H,26,27,28)/t13-/m0/s1. The first-order valence-corrected chi connectivity index (χ1v) is 9.02. The summed E-state index contributed by atoms with van der Waals surface area (Å²) in [5.41, 5.74) is 0.565. The summed E-state index contributed by atoms with van der Waals surface area (Å²) in [7, 11) is 0. The summed E-state index contributed by atoms with van der Waals surface area (Å²) in [4.78, 5) is 15.3. The Balaban J connectivity index is 1.69. The van der Waals surface area contributed by atoms with Gasteiger partial charge < -0.3 is 15.6 Å². The molecule has 0 saturated carbocycles. The molecule has 9 heteroatoms. The maximum atomic E-state index is 13.5. The molecule has 0 radical (unpaired) electrons. The SMILES string of the molecule is FC(F)(F)c1cnc(N[C@H]2CCCNC2)nc1-c1c[nH]c(-c2ccccn2)c1. The Bertz CT molecular complexity index is 932. The minimum atomic E-state index is -4.55. The van der Waals surface area contributed by atoms with Crippen LogP contribution in [0.4, 0.5) is 19.1 Å². The van der Waals surface area contributed by atoms with E-state index in [1.165, 1.54) is 6.20 Å². The highest BCUT2D eigenvalue weighted by atomic mass is 19.4. The number of nitrogens with one attached hydrogen (secondary N) is 3. The van der Waals surface area contributed by atoms with Gasteiger partial charge in [-0.05, 0) is 37.6 Å². The van der Waals surface area contributed by atoms with E-state index in [9.17, 15) is 13.2 Å². The van der Waals surface area contributed by atoms with Gasteiger partial charge in [-0.2, -0.15) is 13.2 Å². The number of alkyl halides is 3. The number of halogens is 3. The maximum absolute atomic E-state index is 13.5. The number of H-pyrrole nitrogens is 1. The van der Waals surface area contributed by atoms with Crippen LogP contribution in [0.15, 0.2) is 42.9 Å². The van der Waals surface area contributed by atoms with E-state index in [4.69, 9.17) is 0 Å². The van der Waals surface area contributed by atoms with Crippen molar-refractivity contribution in [2.24, 2.45) is 0 Å². The Morgan fingerprint density at radius 1 is 1.18 bits per heavy atom. The van der Waals surface area contributed by atoms with Crippen molar-refractivity contribution in [1.82, 2.24) is 25.3 Å². The normalized spacial score (nSPS) is 17.5. The van der Waals surface area contributed by atoms with Crippen molar-refractivity contribution in [1.29, 1.82) is 0 Å². The Labute approximate surface area is 159 Å². The third kappa shape index (κ3) is 3.99. The van der Waals surface area contributed by atoms with E-state index in [2.05, 4.69) is 30.6 Å². The summed E-state index contributed by atoms with van der Waals surface area (Å²) >= 11 is 0. The van der Waals surface area contributed by atoms with Crippen molar-refractivity contribution < 1.29 is 13.2 Å². The van der Waals surface area contributed by atoms with E-state index in [1.54, 1.807) is 24.4 Å². The Hall–Kier alpha value is -2.94. The largest absolute Gasteiger partial charge is 0.419 e. The Morgan fingerprint density at radius 2 is 2.07 bits per heavy atom. The summed E-state index contributed by atoms with van der Waals surface area (Å²) in [6, 6.07) is 7.08. The van der Waals surface area contributed by atoms with Crippen LogP contribution in [0.2, 0.25) is 0 Å². The predicted octanol–water partition coefficient (Wildman–Crippen LogP) is 3.72. The molecule has 4 heterocycles. The molecule has 0 unspecified atom stereocenters. The lowest BCUT2D eigenvalue weighted by Gasteiger charge is -2.24. The van der Waals surface area contributed by atoms with Gasteiger partial charge in [0.15, 0.2) is 0 Å². The van der Waals surface area contributed by atoms with E-state index in [1.807, 2.05) is 6.07 Å². The van der Waals surface area contributed by atoms with Crippen molar-refractivity contribution in [3.8, 4) is 22.6 Å². The molecule has 1 saturated heterocycles. The molecular formula is C19H19F3N6. The van der Waals surface area contributed by atoms with Gasteiger partial charge in [-0.3, -0.25) is 4.98 Å². The number of nitrogens with zero attached hydrogens (tertiary/aromatic N) is 3. The van der Waals surface area contributed by atoms with Gasteiger partial charge in [0.25, 0.3) is 0 Å². The van der Waals surface area contributed by atoms with Crippen LogP contribution in [0.3, 0.4) is 0 Å². The summed E-state index contributed by atoms with van der Waals surface area (Å²) in [6.45, 7) is 1.67. The van der Waals surface area contributed by atoms with Crippen molar-refractivity contribution in [2.75, 3.05) is 18.4 Å². The number of anilines is 1.